The van der Waals surface area contributed by atoms with Gasteiger partial charge in [0.25, 0.3) is 10.0 Å². The maximum atomic E-state index is 13.2. The average Bonchev–Trinajstić information content (AvgIpc) is 2.62. The van der Waals surface area contributed by atoms with Crippen LogP contribution in [0.4, 0.5) is 5.69 Å². The molecule has 6 heteroatoms. The van der Waals surface area contributed by atoms with Crippen molar-refractivity contribution in [1.29, 1.82) is 0 Å². The van der Waals surface area contributed by atoms with Crippen LogP contribution in [0.2, 0.25) is 0 Å². The van der Waals surface area contributed by atoms with E-state index in [-0.39, 0.29) is 23.4 Å². The normalized spacial score (nSPS) is 12.5. The van der Waals surface area contributed by atoms with Gasteiger partial charge < -0.3 is 5.32 Å². The van der Waals surface area contributed by atoms with Gasteiger partial charge in [0.05, 0.1) is 10.6 Å². The number of benzene rings is 2. The van der Waals surface area contributed by atoms with E-state index in [1.54, 1.807) is 30.3 Å². The van der Waals surface area contributed by atoms with Gasteiger partial charge in [-0.3, -0.25) is 9.10 Å². The topological polar surface area (TPSA) is 66.5 Å². The molecule has 0 radical (unpaired) electrons. The van der Waals surface area contributed by atoms with E-state index < -0.39 is 10.0 Å². The van der Waals surface area contributed by atoms with E-state index in [4.69, 9.17) is 0 Å². The summed E-state index contributed by atoms with van der Waals surface area (Å²) < 4.78 is 27.5. The van der Waals surface area contributed by atoms with Crippen LogP contribution in [0.15, 0.2) is 53.4 Å². The number of hydrogen-bond donors (Lipinski definition) is 1. The third kappa shape index (κ3) is 4.64. The Labute approximate surface area is 156 Å². The summed E-state index contributed by atoms with van der Waals surface area (Å²) in [6, 6.07) is 13.6. The highest BCUT2D eigenvalue weighted by atomic mass is 32.2. The molecule has 2 aromatic carbocycles. The van der Waals surface area contributed by atoms with Gasteiger partial charge >= 0.3 is 0 Å². The average molecular weight is 375 g/mol. The highest BCUT2D eigenvalue weighted by Crippen LogP contribution is 2.25. The molecule has 1 N–H and O–H groups in total. The van der Waals surface area contributed by atoms with E-state index in [1.165, 1.54) is 16.4 Å². The van der Waals surface area contributed by atoms with Crippen molar-refractivity contribution in [2.24, 2.45) is 0 Å². The van der Waals surface area contributed by atoms with Gasteiger partial charge in [0, 0.05) is 6.04 Å². The second-order valence-corrected chi connectivity index (χ2v) is 8.33. The van der Waals surface area contributed by atoms with E-state index >= 15 is 0 Å². The van der Waals surface area contributed by atoms with Gasteiger partial charge in [-0.2, -0.15) is 0 Å². The second-order valence-electron chi connectivity index (χ2n) is 6.47. The molecule has 1 atom stereocenters. The zero-order chi connectivity index (χ0) is 19.3. The number of anilines is 1. The molecule has 0 saturated heterocycles. The van der Waals surface area contributed by atoms with E-state index in [0.29, 0.717) is 5.69 Å². The highest BCUT2D eigenvalue weighted by molar-refractivity contribution is 7.92. The number of hydrogen-bond acceptors (Lipinski definition) is 3. The Balaban J connectivity index is 2.44. The summed E-state index contributed by atoms with van der Waals surface area (Å²) >= 11 is 0. The van der Waals surface area contributed by atoms with Crippen molar-refractivity contribution in [3.05, 3.63) is 59.7 Å². The van der Waals surface area contributed by atoms with Gasteiger partial charge in [0.1, 0.15) is 6.54 Å². The number of amides is 1. The Morgan fingerprint density at radius 2 is 1.73 bits per heavy atom. The molecule has 0 unspecified atom stereocenters. The van der Waals surface area contributed by atoms with Crippen molar-refractivity contribution >= 4 is 21.6 Å². The largest absolute Gasteiger partial charge is 0.352 e. The summed E-state index contributed by atoms with van der Waals surface area (Å²) in [5.41, 5.74) is 2.52. The third-order valence-electron chi connectivity index (χ3n) is 4.42. The minimum atomic E-state index is -3.85. The van der Waals surface area contributed by atoms with Gasteiger partial charge in [-0.25, -0.2) is 8.42 Å². The SMILES string of the molecule is CC[C@H](C)NC(=O)CN(c1ccc(C)c(C)c1)S(=O)(=O)c1ccccc1. The molecule has 0 saturated carbocycles. The number of carbonyl (C=O) groups is 1. The summed E-state index contributed by atoms with van der Waals surface area (Å²) in [5.74, 6) is -0.322. The number of nitrogens with zero attached hydrogens (tertiary/aromatic N) is 1. The van der Waals surface area contributed by atoms with Crippen molar-refractivity contribution < 1.29 is 13.2 Å². The first-order chi connectivity index (χ1) is 12.3. The lowest BCUT2D eigenvalue weighted by Gasteiger charge is -2.25. The molecule has 2 aromatic rings. The van der Waals surface area contributed by atoms with Gasteiger partial charge in [0.2, 0.25) is 5.91 Å². The molecule has 0 aliphatic rings. The van der Waals surface area contributed by atoms with Crippen molar-refractivity contribution in [1.82, 2.24) is 5.32 Å². The fourth-order valence-corrected chi connectivity index (χ4v) is 3.90. The van der Waals surface area contributed by atoms with Crippen LogP contribution in [-0.2, 0) is 14.8 Å². The number of aryl methyl sites for hydroxylation is 2. The Hall–Kier alpha value is -2.34. The molecular weight excluding hydrogens is 348 g/mol. The van der Waals surface area contributed by atoms with Gasteiger partial charge in [-0.1, -0.05) is 31.2 Å². The summed E-state index contributed by atoms with van der Waals surface area (Å²) in [7, 11) is -3.85. The highest BCUT2D eigenvalue weighted by Gasteiger charge is 2.27. The van der Waals surface area contributed by atoms with Crippen LogP contribution in [0.3, 0.4) is 0 Å². The zero-order valence-electron chi connectivity index (χ0n) is 15.7. The maximum Gasteiger partial charge on any atom is 0.264 e. The van der Waals surface area contributed by atoms with Crippen molar-refractivity contribution in [3.8, 4) is 0 Å². The first kappa shape index (κ1) is 20.0. The number of sulfonamides is 1. The molecular formula is C20H26N2O3S. The first-order valence-corrected chi connectivity index (χ1v) is 10.1. The molecule has 0 heterocycles. The van der Waals surface area contributed by atoms with Gasteiger partial charge in [-0.05, 0) is 62.6 Å². The van der Waals surface area contributed by atoms with E-state index in [0.717, 1.165) is 17.5 Å². The fourth-order valence-electron chi connectivity index (χ4n) is 2.47. The lowest BCUT2D eigenvalue weighted by Crippen LogP contribution is -2.43. The van der Waals surface area contributed by atoms with Crippen LogP contribution in [0, 0.1) is 13.8 Å². The number of nitrogens with one attached hydrogen (secondary N) is 1. The molecule has 5 nitrogen and oxygen atoms in total. The predicted octanol–water partition coefficient (Wildman–Crippen LogP) is 3.41. The standard InChI is InChI=1S/C20H26N2O3S/c1-5-17(4)21-20(23)14-22(18-12-11-15(2)16(3)13-18)26(24,25)19-9-7-6-8-10-19/h6-13,17H,5,14H2,1-4H3,(H,21,23)/t17-/m0/s1. The molecule has 0 fully saturated rings. The Kier molecular flexibility index (Phi) is 6.42. The van der Waals surface area contributed by atoms with Crippen LogP contribution >= 0.6 is 0 Å². The van der Waals surface area contributed by atoms with Crippen molar-refractivity contribution in [2.45, 2.75) is 45.1 Å². The van der Waals surface area contributed by atoms with Crippen LogP contribution < -0.4 is 9.62 Å². The summed E-state index contributed by atoms with van der Waals surface area (Å²) in [4.78, 5) is 12.6. The smallest absolute Gasteiger partial charge is 0.264 e. The summed E-state index contributed by atoms with van der Waals surface area (Å²) in [6.07, 6.45) is 0.779. The quantitative estimate of drug-likeness (QED) is 0.808. The van der Waals surface area contributed by atoms with Crippen molar-refractivity contribution in [2.75, 3.05) is 10.8 Å². The molecule has 0 bridgehead atoms. The Morgan fingerprint density at radius 3 is 2.31 bits per heavy atom. The molecule has 0 aromatic heterocycles. The van der Waals surface area contributed by atoms with E-state index in [1.807, 2.05) is 33.8 Å². The second kappa shape index (κ2) is 8.36. The molecule has 140 valence electrons. The number of rotatable bonds is 7. The first-order valence-electron chi connectivity index (χ1n) is 8.70. The lowest BCUT2D eigenvalue weighted by atomic mass is 10.1. The Morgan fingerprint density at radius 1 is 1.08 bits per heavy atom. The zero-order valence-corrected chi connectivity index (χ0v) is 16.5. The van der Waals surface area contributed by atoms with Crippen LogP contribution in [0.25, 0.3) is 0 Å². The van der Waals surface area contributed by atoms with E-state index in [9.17, 15) is 13.2 Å². The summed E-state index contributed by atoms with van der Waals surface area (Å²) in [6.45, 7) is 7.48. The van der Waals surface area contributed by atoms with Crippen LogP contribution in [0.1, 0.15) is 31.4 Å². The fraction of sp³-hybridized carbons (Fsp3) is 0.350. The number of carbonyl (C=O) groups excluding carboxylic acids is 1. The maximum absolute atomic E-state index is 13.2. The molecule has 0 spiro atoms. The molecule has 26 heavy (non-hydrogen) atoms. The van der Waals surface area contributed by atoms with Gasteiger partial charge in [-0.15, -0.1) is 0 Å². The van der Waals surface area contributed by atoms with Crippen LogP contribution in [0.5, 0.6) is 0 Å². The lowest BCUT2D eigenvalue weighted by molar-refractivity contribution is -0.120. The van der Waals surface area contributed by atoms with Crippen molar-refractivity contribution in [3.63, 3.8) is 0 Å². The predicted molar refractivity (Wildman–Crippen MR) is 105 cm³/mol. The summed E-state index contributed by atoms with van der Waals surface area (Å²) in [5, 5.41) is 2.83. The van der Waals surface area contributed by atoms with Gasteiger partial charge in [0.15, 0.2) is 0 Å². The molecule has 2 rings (SSSR count). The third-order valence-corrected chi connectivity index (χ3v) is 6.20. The minimum absolute atomic E-state index is 0.0106. The molecule has 0 aliphatic carbocycles. The molecule has 1 amide bonds. The molecule has 0 aliphatic heterocycles. The van der Waals surface area contributed by atoms with Crippen LogP contribution in [-0.4, -0.2) is 26.9 Å². The monoisotopic (exact) mass is 374 g/mol. The van der Waals surface area contributed by atoms with E-state index in [2.05, 4.69) is 5.32 Å². The minimum Gasteiger partial charge on any atom is -0.352 e. The Bertz CT molecular complexity index is 864.